The fourth-order valence-corrected chi connectivity index (χ4v) is 1.64. The Morgan fingerprint density at radius 2 is 2.44 bits per heavy atom. The lowest BCUT2D eigenvalue weighted by molar-refractivity contribution is 0.343. The summed E-state index contributed by atoms with van der Waals surface area (Å²) >= 11 is 3.41. The Morgan fingerprint density at radius 3 is 3.12 bits per heavy atom. The van der Waals surface area contributed by atoms with E-state index in [9.17, 15) is 0 Å². The van der Waals surface area contributed by atoms with Crippen LogP contribution in [0.4, 0.5) is 0 Å². The van der Waals surface area contributed by atoms with Gasteiger partial charge in [-0.1, -0.05) is 19.6 Å². The van der Waals surface area contributed by atoms with Gasteiger partial charge in [-0.15, -0.1) is 0 Å². The van der Waals surface area contributed by atoms with Gasteiger partial charge < -0.3 is 10.1 Å². The van der Waals surface area contributed by atoms with Crippen molar-refractivity contribution >= 4 is 15.9 Å². The largest absolute Gasteiger partial charge is 0.473 e. The highest BCUT2D eigenvalue weighted by atomic mass is 79.9. The van der Waals surface area contributed by atoms with E-state index in [0.29, 0.717) is 12.5 Å². The summed E-state index contributed by atoms with van der Waals surface area (Å²) in [6.45, 7) is 8.01. The van der Waals surface area contributed by atoms with Gasteiger partial charge in [-0.05, 0) is 35.0 Å². The maximum atomic E-state index is 5.48. The molecule has 4 heteroatoms. The van der Waals surface area contributed by atoms with Gasteiger partial charge in [0.05, 0.1) is 0 Å². The monoisotopic (exact) mass is 284 g/mol. The number of nitrogens with one attached hydrogen (secondary N) is 1. The molecule has 0 aliphatic rings. The number of nitrogens with zero attached hydrogens (tertiary/aromatic N) is 1. The predicted molar refractivity (Wildman–Crippen MR) is 69.6 cm³/mol. The summed E-state index contributed by atoms with van der Waals surface area (Å²) in [7, 11) is 0. The van der Waals surface area contributed by atoms with Crippen LogP contribution in [-0.2, 0) is 6.54 Å². The molecule has 0 saturated heterocycles. The molecule has 0 spiro atoms. The van der Waals surface area contributed by atoms with Crippen LogP contribution in [0.5, 0.6) is 5.88 Å². The van der Waals surface area contributed by atoms with Gasteiger partial charge in [0.25, 0.3) is 0 Å². The lowest BCUT2D eigenvalue weighted by Crippen LogP contribution is -2.15. The van der Waals surface area contributed by atoms with Crippen LogP contribution in [0.3, 0.4) is 0 Å². The van der Waals surface area contributed by atoms with Crippen molar-refractivity contribution in [1.82, 2.24) is 10.3 Å². The summed E-state index contributed by atoms with van der Waals surface area (Å²) in [5.74, 6) is 0.673. The smallest absolute Gasteiger partial charge is 0.218 e. The minimum atomic E-state index is 0.482. The third-order valence-electron chi connectivity index (χ3n) is 1.97. The molecular weight excluding hydrogens is 268 g/mol. The van der Waals surface area contributed by atoms with Crippen molar-refractivity contribution in [3.8, 4) is 5.88 Å². The molecule has 0 aromatic carbocycles. The van der Waals surface area contributed by atoms with E-state index in [0.717, 1.165) is 29.5 Å². The number of halogens is 1. The number of rotatable bonds is 7. The minimum Gasteiger partial charge on any atom is -0.473 e. The van der Waals surface area contributed by atoms with Crippen molar-refractivity contribution in [1.29, 1.82) is 0 Å². The Balaban J connectivity index is 2.68. The van der Waals surface area contributed by atoms with Gasteiger partial charge in [-0.25, -0.2) is 4.98 Å². The van der Waals surface area contributed by atoms with Crippen molar-refractivity contribution in [3.63, 3.8) is 0 Å². The molecule has 0 aliphatic carbocycles. The topological polar surface area (TPSA) is 34.1 Å². The first-order chi connectivity index (χ1) is 7.77. The molecule has 1 N–H and O–H groups in total. The van der Waals surface area contributed by atoms with E-state index < -0.39 is 0 Å². The molecule has 1 rings (SSSR count). The molecular formula is C12H17BrN2O. The SMILES string of the molecule is C=CCOc1ncc(Br)cc1CNCCC. The molecule has 1 aromatic heterocycles. The highest BCUT2D eigenvalue weighted by Crippen LogP contribution is 2.19. The second-order valence-electron chi connectivity index (χ2n) is 3.39. The van der Waals surface area contributed by atoms with Gasteiger partial charge in [0.2, 0.25) is 5.88 Å². The van der Waals surface area contributed by atoms with Crippen LogP contribution in [0.15, 0.2) is 29.4 Å². The van der Waals surface area contributed by atoms with Gasteiger partial charge in [0.1, 0.15) is 6.61 Å². The van der Waals surface area contributed by atoms with Crippen LogP contribution >= 0.6 is 15.9 Å². The molecule has 0 saturated carbocycles. The fraction of sp³-hybridized carbons (Fsp3) is 0.417. The van der Waals surface area contributed by atoms with Crippen molar-refractivity contribution in [2.45, 2.75) is 19.9 Å². The number of aromatic nitrogens is 1. The number of hydrogen-bond acceptors (Lipinski definition) is 3. The van der Waals surface area contributed by atoms with E-state index >= 15 is 0 Å². The zero-order chi connectivity index (χ0) is 11.8. The van der Waals surface area contributed by atoms with Crippen molar-refractivity contribution < 1.29 is 4.74 Å². The molecule has 0 amide bonds. The van der Waals surface area contributed by atoms with Crippen molar-refractivity contribution in [3.05, 3.63) is 35.0 Å². The number of pyridine rings is 1. The first-order valence-corrected chi connectivity index (χ1v) is 6.16. The summed E-state index contributed by atoms with van der Waals surface area (Å²) in [6.07, 6.45) is 4.57. The molecule has 0 fully saturated rings. The second kappa shape index (κ2) is 7.41. The lowest BCUT2D eigenvalue weighted by Gasteiger charge is -2.10. The molecule has 0 aliphatic heterocycles. The highest BCUT2D eigenvalue weighted by Gasteiger charge is 2.05. The fourth-order valence-electron chi connectivity index (χ4n) is 1.26. The maximum absolute atomic E-state index is 5.48. The molecule has 0 unspecified atom stereocenters. The Morgan fingerprint density at radius 1 is 1.62 bits per heavy atom. The van der Waals surface area contributed by atoms with Gasteiger partial charge in [0, 0.05) is 22.8 Å². The third-order valence-corrected chi connectivity index (χ3v) is 2.41. The van der Waals surface area contributed by atoms with Crippen molar-refractivity contribution in [2.75, 3.05) is 13.2 Å². The maximum Gasteiger partial charge on any atom is 0.218 e. The van der Waals surface area contributed by atoms with Crippen LogP contribution in [0.25, 0.3) is 0 Å². The normalized spacial score (nSPS) is 10.1. The lowest BCUT2D eigenvalue weighted by atomic mass is 10.2. The zero-order valence-corrected chi connectivity index (χ0v) is 11.1. The molecule has 1 heterocycles. The standard InChI is InChI=1S/C12H17BrN2O/c1-3-5-14-8-10-7-11(13)9-15-12(10)16-6-4-2/h4,7,9,14H,2-3,5-6,8H2,1H3. The predicted octanol–water partition coefficient (Wildman–Crippen LogP) is 2.91. The van der Waals surface area contributed by atoms with Crippen LogP contribution in [0.1, 0.15) is 18.9 Å². The quantitative estimate of drug-likeness (QED) is 0.618. The van der Waals surface area contributed by atoms with E-state index in [1.54, 1.807) is 12.3 Å². The van der Waals surface area contributed by atoms with Gasteiger partial charge in [-0.2, -0.15) is 0 Å². The van der Waals surface area contributed by atoms with E-state index in [1.165, 1.54) is 0 Å². The Labute approximate surface area is 105 Å². The molecule has 0 bridgehead atoms. The summed E-state index contributed by atoms with van der Waals surface area (Å²) in [5, 5.41) is 3.33. The Bertz CT molecular complexity index is 342. The summed E-state index contributed by atoms with van der Waals surface area (Å²) in [5.41, 5.74) is 1.06. The van der Waals surface area contributed by atoms with E-state index in [4.69, 9.17) is 4.74 Å². The first kappa shape index (κ1) is 13.2. The van der Waals surface area contributed by atoms with E-state index in [-0.39, 0.29) is 0 Å². The van der Waals surface area contributed by atoms with Gasteiger partial charge in [0.15, 0.2) is 0 Å². The van der Waals surface area contributed by atoms with Gasteiger partial charge >= 0.3 is 0 Å². The summed E-state index contributed by atoms with van der Waals surface area (Å²) < 4.78 is 6.45. The van der Waals surface area contributed by atoms with Crippen LogP contribution < -0.4 is 10.1 Å². The average Bonchev–Trinajstić information content (AvgIpc) is 2.28. The van der Waals surface area contributed by atoms with Crippen LogP contribution in [0, 0.1) is 0 Å². The molecule has 0 atom stereocenters. The number of ether oxygens (including phenoxy) is 1. The Kier molecular flexibility index (Phi) is 6.11. The summed E-state index contributed by atoms with van der Waals surface area (Å²) in [6, 6.07) is 2.02. The van der Waals surface area contributed by atoms with Crippen molar-refractivity contribution in [2.24, 2.45) is 0 Å². The van der Waals surface area contributed by atoms with Crippen LogP contribution in [-0.4, -0.2) is 18.1 Å². The van der Waals surface area contributed by atoms with E-state index in [1.807, 2.05) is 6.07 Å². The van der Waals surface area contributed by atoms with E-state index in [2.05, 4.69) is 39.7 Å². The molecule has 0 radical (unpaired) electrons. The average molecular weight is 285 g/mol. The first-order valence-electron chi connectivity index (χ1n) is 5.36. The highest BCUT2D eigenvalue weighted by molar-refractivity contribution is 9.10. The molecule has 1 aromatic rings. The van der Waals surface area contributed by atoms with Crippen LogP contribution in [0.2, 0.25) is 0 Å². The zero-order valence-electron chi connectivity index (χ0n) is 9.50. The summed E-state index contributed by atoms with van der Waals surface area (Å²) in [4.78, 5) is 4.24. The Hall–Kier alpha value is -0.870. The van der Waals surface area contributed by atoms with Gasteiger partial charge in [-0.3, -0.25) is 0 Å². The molecule has 16 heavy (non-hydrogen) atoms. The second-order valence-corrected chi connectivity index (χ2v) is 4.31. The number of hydrogen-bond donors (Lipinski definition) is 1. The third kappa shape index (κ3) is 4.33. The minimum absolute atomic E-state index is 0.482. The molecule has 3 nitrogen and oxygen atoms in total. The molecule has 88 valence electrons.